The van der Waals surface area contributed by atoms with Gasteiger partial charge in [0.1, 0.15) is 5.01 Å². The van der Waals surface area contributed by atoms with Gasteiger partial charge < -0.3 is 4.42 Å². The number of fused-ring (bicyclic) bond motifs is 1. The van der Waals surface area contributed by atoms with E-state index in [9.17, 15) is 4.79 Å². The fourth-order valence-electron chi connectivity index (χ4n) is 2.26. The Balaban J connectivity index is 1.45. The molecule has 0 saturated heterocycles. The van der Waals surface area contributed by atoms with E-state index in [-0.39, 0.29) is 5.56 Å². The summed E-state index contributed by atoms with van der Waals surface area (Å²) in [5, 5.41) is 16.7. The van der Waals surface area contributed by atoms with Crippen LogP contribution in [-0.2, 0) is 18.6 Å². The van der Waals surface area contributed by atoms with Gasteiger partial charge in [-0.3, -0.25) is 4.79 Å². The molecule has 4 heterocycles. The first-order valence-corrected chi connectivity index (χ1v) is 10.5. The highest BCUT2D eigenvalue weighted by molar-refractivity contribution is 7.98. The number of hydrogen-bond acceptors (Lipinski definition) is 10. The Bertz CT molecular complexity index is 1110. The average Bonchev–Trinajstić information content (AvgIpc) is 3.33. The fourth-order valence-corrected chi connectivity index (χ4v) is 4.40. The second kappa shape index (κ2) is 7.25. The van der Waals surface area contributed by atoms with Crippen molar-refractivity contribution in [3.05, 3.63) is 49.1 Å². The fraction of sp³-hybridized carbons (Fsp3) is 0.333. The Morgan fingerprint density at radius 2 is 2.15 bits per heavy atom. The van der Waals surface area contributed by atoms with E-state index in [0.29, 0.717) is 33.9 Å². The zero-order valence-electron chi connectivity index (χ0n) is 14.0. The highest BCUT2D eigenvalue weighted by Crippen LogP contribution is 2.22. The standard InChI is InChI=1S/C15H14N6O2S3/c1-3-12-20-21-13(22)5-10(17-14(21)26-12)7-25-15-19-18-11(23-15)4-9-6-24-8(2)16-9/h5-6H,3-4,7H2,1-2H3. The molecule has 0 atom stereocenters. The van der Waals surface area contributed by atoms with Gasteiger partial charge in [-0.1, -0.05) is 30.0 Å². The summed E-state index contributed by atoms with van der Waals surface area (Å²) in [6.45, 7) is 3.96. The molecule has 0 aromatic carbocycles. The van der Waals surface area contributed by atoms with Gasteiger partial charge in [0.05, 0.1) is 22.8 Å². The maximum atomic E-state index is 12.1. The van der Waals surface area contributed by atoms with Gasteiger partial charge in [-0.2, -0.15) is 9.61 Å². The predicted molar refractivity (Wildman–Crippen MR) is 100 cm³/mol. The second-order valence-electron chi connectivity index (χ2n) is 5.41. The van der Waals surface area contributed by atoms with Crippen molar-refractivity contribution in [1.82, 2.24) is 29.8 Å². The highest BCUT2D eigenvalue weighted by Gasteiger charge is 2.12. The third kappa shape index (κ3) is 3.69. The number of thiazole rings is 1. The molecule has 4 rings (SSSR count). The van der Waals surface area contributed by atoms with Gasteiger partial charge in [0.2, 0.25) is 10.9 Å². The van der Waals surface area contributed by atoms with E-state index in [2.05, 4.69) is 25.3 Å². The third-order valence-corrected chi connectivity index (χ3v) is 6.16. The first-order valence-electron chi connectivity index (χ1n) is 7.85. The Kier molecular flexibility index (Phi) is 4.83. The minimum atomic E-state index is -0.174. The molecule has 0 bridgehead atoms. The van der Waals surface area contributed by atoms with Gasteiger partial charge in [-0.25, -0.2) is 9.97 Å². The monoisotopic (exact) mass is 406 g/mol. The molecule has 0 aliphatic rings. The van der Waals surface area contributed by atoms with Crippen LogP contribution in [0.15, 0.2) is 25.9 Å². The second-order valence-corrected chi connectivity index (χ2v) is 8.44. The zero-order chi connectivity index (χ0) is 18.1. The van der Waals surface area contributed by atoms with Crippen LogP contribution in [0.1, 0.15) is 34.2 Å². The Hall–Kier alpha value is -2.11. The van der Waals surface area contributed by atoms with Crippen LogP contribution in [0.4, 0.5) is 0 Å². The van der Waals surface area contributed by atoms with Gasteiger partial charge in [0, 0.05) is 17.2 Å². The Labute approximate surface area is 160 Å². The predicted octanol–water partition coefficient (Wildman–Crippen LogP) is 2.74. The van der Waals surface area contributed by atoms with Gasteiger partial charge in [-0.05, 0) is 13.3 Å². The van der Waals surface area contributed by atoms with Crippen molar-refractivity contribution in [1.29, 1.82) is 0 Å². The molecule has 0 unspecified atom stereocenters. The van der Waals surface area contributed by atoms with E-state index in [1.807, 2.05) is 19.2 Å². The molecule has 4 aromatic rings. The van der Waals surface area contributed by atoms with Crippen LogP contribution in [0.5, 0.6) is 0 Å². The number of aromatic nitrogens is 6. The molecule has 0 fully saturated rings. The van der Waals surface area contributed by atoms with Gasteiger partial charge in [-0.15, -0.1) is 21.5 Å². The average molecular weight is 407 g/mol. The van der Waals surface area contributed by atoms with Crippen LogP contribution in [0.2, 0.25) is 0 Å². The summed E-state index contributed by atoms with van der Waals surface area (Å²) in [7, 11) is 0. The van der Waals surface area contributed by atoms with Crippen molar-refractivity contribution in [3.63, 3.8) is 0 Å². The van der Waals surface area contributed by atoms with E-state index < -0.39 is 0 Å². The van der Waals surface area contributed by atoms with E-state index in [1.54, 1.807) is 11.3 Å². The lowest BCUT2D eigenvalue weighted by Gasteiger charge is -1.97. The lowest BCUT2D eigenvalue weighted by Crippen LogP contribution is -2.15. The SMILES string of the molecule is CCc1nn2c(=O)cc(CSc3nnc(Cc4csc(C)n4)o3)nc2s1. The van der Waals surface area contributed by atoms with Crippen molar-refractivity contribution in [2.45, 2.75) is 37.7 Å². The number of rotatable bonds is 6. The summed E-state index contributed by atoms with van der Waals surface area (Å²) in [5.41, 5.74) is 1.41. The topological polar surface area (TPSA) is 99.1 Å². The van der Waals surface area contributed by atoms with Crippen LogP contribution in [-0.4, -0.2) is 29.8 Å². The van der Waals surface area contributed by atoms with Crippen LogP contribution in [0.3, 0.4) is 0 Å². The van der Waals surface area contributed by atoms with Crippen molar-refractivity contribution in [2.75, 3.05) is 0 Å². The minimum Gasteiger partial charge on any atom is -0.416 e. The molecular weight excluding hydrogens is 392 g/mol. The minimum absolute atomic E-state index is 0.174. The zero-order valence-corrected chi connectivity index (χ0v) is 16.5. The van der Waals surface area contributed by atoms with Crippen LogP contribution >= 0.6 is 34.4 Å². The molecule has 0 N–H and O–H groups in total. The third-order valence-electron chi connectivity index (χ3n) is 3.43. The number of nitrogens with zero attached hydrogens (tertiary/aromatic N) is 6. The lowest BCUT2D eigenvalue weighted by molar-refractivity contribution is 0.419. The molecule has 0 aliphatic heterocycles. The number of aryl methyl sites for hydroxylation is 2. The van der Waals surface area contributed by atoms with Crippen molar-refractivity contribution < 1.29 is 4.42 Å². The molecule has 0 radical (unpaired) electrons. The maximum absolute atomic E-state index is 12.1. The molecule has 0 spiro atoms. The normalized spacial score (nSPS) is 11.5. The van der Waals surface area contributed by atoms with Gasteiger partial charge in [0.25, 0.3) is 10.8 Å². The molecule has 0 aliphatic carbocycles. The first kappa shape index (κ1) is 17.3. The van der Waals surface area contributed by atoms with Gasteiger partial charge >= 0.3 is 0 Å². The molecule has 26 heavy (non-hydrogen) atoms. The molecule has 11 heteroatoms. The summed E-state index contributed by atoms with van der Waals surface area (Å²) in [6, 6.07) is 1.49. The molecule has 134 valence electrons. The highest BCUT2D eigenvalue weighted by atomic mass is 32.2. The number of hydrogen-bond donors (Lipinski definition) is 0. The quantitative estimate of drug-likeness (QED) is 0.451. The first-order chi connectivity index (χ1) is 12.6. The van der Waals surface area contributed by atoms with Crippen molar-refractivity contribution in [2.24, 2.45) is 0 Å². The smallest absolute Gasteiger partial charge is 0.276 e. The van der Waals surface area contributed by atoms with E-state index in [4.69, 9.17) is 4.42 Å². The largest absolute Gasteiger partial charge is 0.416 e. The van der Waals surface area contributed by atoms with Crippen LogP contribution < -0.4 is 5.56 Å². The van der Waals surface area contributed by atoms with Crippen molar-refractivity contribution >= 4 is 39.4 Å². The van der Waals surface area contributed by atoms with E-state index >= 15 is 0 Å². The number of thioether (sulfide) groups is 1. The lowest BCUT2D eigenvalue weighted by atomic mass is 10.3. The molecular formula is C15H14N6O2S3. The Morgan fingerprint density at radius 1 is 1.27 bits per heavy atom. The molecule has 0 amide bonds. The van der Waals surface area contributed by atoms with E-state index in [0.717, 1.165) is 22.1 Å². The van der Waals surface area contributed by atoms with Gasteiger partial charge in [0.15, 0.2) is 0 Å². The summed E-state index contributed by atoms with van der Waals surface area (Å²) in [4.78, 5) is 21.6. The summed E-state index contributed by atoms with van der Waals surface area (Å²) in [5.74, 6) is 0.999. The molecule has 4 aromatic heterocycles. The van der Waals surface area contributed by atoms with E-state index in [1.165, 1.54) is 33.7 Å². The van der Waals surface area contributed by atoms with Crippen LogP contribution in [0, 0.1) is 6.92 Å². The molecule has 0 saturated carbocycles. The Morgan fingerprint density at radius 3 is 2.92 bits per heavy atom. The summed E-state index contributed by atoms with van der Waals surface area (Å²) < 4.78 is 6.99. The summed E-state index contributed by atoms with van der Waals surface area (Å²) >= 11 is 4.38. The maximum Gasteiger partial charge on any atom is 0.276 e. The van der Waals surface area contributed by atoms with Crippen molar-refractivity contribution in [3.8, 4) is 0 Å². The summed E-state index contributed by atoms with van der Waals surface area (Å²) in [6.07, 6.45) is 1.30. The van der Waals surface area contributed by atoms with Crippen LogP contribution in [0.25, 0.3) is 4.96 Å². The molecule has 8 nitrogen and oxygen atoms in total.